The molecule has 1 heterocycles. The summed E-state index contributed by atoms with van der Waals surface area (Å²) in [5, 5.41) is 8.85. The summed E-state index contributed by atoms with van der Waals surface area (Å²) in [7, 11) is -3.94. The van der Waals surface area contributed by atoms with Crippen LogP contribution in [0.3, 0.4) is 0 Å². The van der Waals surface area contributed by atoms with Crippen LogP contribution in [0, 0.1) is 0 Å². The van der Waals surface area contributed by atoms with Crippen LogP contribution in [0.15, 0.2) is 102 Å². The van der Waals surface area contributed by atoms with Crippen LogP contribution >= 0.6 is 0 Å². The lowest BCUT2D eigenvalue weighted by atomic mass is 9.97. The number of ether oxygens (including phenoxy) is 2. The third-order valence-corrected chi connectivity index (χ3v) is 7.09. The van der Waals surface area contributed by atoms with E-state index in [4.69, 9.17) is 14.6 Å². The van der Waals surface area contributed by atoms with Crippen LogP contribution in [0.2, 0.25) is 0 Å². The SMILES string of the molecule is CCOc1cccc(-c2ccc(CC(NS(=O)(=O)c3ccccn3)c3cccc(OCC(=O)O)c3)cc2)c1. The van der Waals surface area contributed by atoms with Crippen LogP contribution < -0.4 is 14.2 Å². The second-order valence-corrected chi connectivity index (χ2v) is 10.1. The van der Waals surface area contributed by atoms with E-state index in [0.29, 0.717) is 24.3 Å². The lowest BCUT2D eigenvalue weighted by Crippen LogP contribution is -2.30. The zero-order valence-electron chi connectivity index (χ0n) is 20.8. The quantitative estimate of drug-likeness (QED) is 0.267. The first-order valence-electron chi connectivity index (χ1n) is 12.0. The third kappa shape index (κ3) is 7.18. The van der Waals surface area contributed by atoms with Crippen molar-refractivity contribution < 1.29 is 27.8 Å². The highest BCUT2D eigenvalue weighted by atomic mass is 32.2. The molecule has 0 bridgehead atoms. The number of pyridine rings is 1. The zero-order chi connectivity index (χ0) is 27.0. The number of nitrogens with one attached hydrogen (secondary N) is 1. The monoisotopic (exact) mass is 532 g/mol. The summed E-state index contributed by atoms with van der Waals surface area (Å²) in [6, 6.07) is 26.5. The molecular weight excluding hydrogens is 504 g/mol. The van der Waals surface area contributed by atoms with E-state index in [1.54, 1.807) is 36.4 Å². The molecule has 38 heavy (non-hydrogen) atoms. The summed E-state index contributed by atoms with van der Waals surface area (Å²) in [5.74, 6) is 0.0224. The molecule has 1 aromatic heterocycles. The zero-order valence-corrected chi connectivity index (χ0v) is 21.6. The Morgan fingerprint density at radius 2 is 1.63 bits per heavy atom. The van der Waals surface area contributed by atoms with Crippen molar-refractivity contribution in [3.63, 3.8) is 0 Å². The van der Waals surface area contributed by atoms with Gasteiger partial charge in [-0.25, -0.2) is 22.9 Å². The minimum absolute atomic E-state index is 0.0900. The average molecular weight is 533 g/mol. The molecule has 4 rings (SSSR count). The Labute approximate surface area is 222 Å². The Hall–Kier alpha value is -4.21. The molecule has 0 amide bonds. The standard InChI is InChI=1S/C29H28N2O6S/c1-2-36-25-9-5-7-23(18-25)22-14-12-21(13-15-22)17-27(31-38(34,35)28-11-3-4-16-30-28)24-8-6-10-26(19-24)37-20-29(32)33/h3-16,18-19,27,31H,2,17,20H2,1H3,(H,32,33). The number of carbonyl (C=O) groups is 1. The molecule has 0 fully saturated rings. The van der Waals surface area contributed by atoms with Crippen molar-refractivity contribution in [2.45, 2.75) is 24.4 Å². The highest BCUT2D eigenvalue weighted by Gasteiger charge is 2.23. The van der Waals surface area contributed by atoms with E-state index in [9.17, 15) is 13.2 Å². The van der Waals surface area contributed by atoms with E-state index in [0.717, 1.165) is 22.4 Å². The fraction of sp³-hybridized carbons (Fsp3) is 0.172. The van der Waals surface area contributed by atoms with Crippen molar-refractivity contribution in [2.24, 2.45) is 0 Å². The third-order valence-electron chi connectivity index (χ3n) is 5.71. The number of carboxylic acid groups (broad SMARTS) is 1. The van der Waals surface area contributed by atoms with Gasteiger partial charge >= 0.3 is 5.97 Å². The molecule has 9 heteroatoms. The molecule has 4 aromatic rings. The molecule has 0 aliphatic carbocycles. The Morgan fingerprint density at radius 1 is 0.895 bits per heavy atom. The van der Waals surface area contributed by atoms with Crippen LogP contribution in [0.4, 0.5) is 0 Å². The molecule has 3 aromatic carbocycles. The van der Waals surface area contributed by atoms with Crippen molar-refractivity contribution in [3.05, 3.63) is 108 Å². The van der Waals surface area contributed by atoms with Crippen LogP contribution in [0.25, 0.3) is 11.1 Å². The van der Waals surface area contributed by atoms with Crippen LogP contribution in [-0.2, 0) is 21.2 Å². The normalized spacial score (nSPS) is 12.0. The molecule has 0 aliphatic heterocycles. The van der Waals surface area contributed by atoms with Crippen LogP contribution in [0.1, 0.15) is 24.1 Å². The summed E-state index contributed by atoms with van der Waals surface area (Å²) in [6.45, 7) is 2.02. The van der Waals surface area contributed by atoms with E-state index >= 15 is 0 Å². The molecule has 0 saturated carbocycles. The van der Waals surface area contributed by atoms with Crippen molar-refractivity contribution in [2.75, 3.05) is 13.2 Å². The molecule has 8 nitrogen and oxygen atoms in total. The van der Waals surface area contributed by atoms with Crippen molar-refractivity contribution in [1.29, 1.82) is 0 Å². The van der Waals surface area contributed by atoms with E-state index in [-0.39, 0.29) is 5.03 Å². The second kappa shape index (κ2) is 12.4. The smallest absolute Gasteiger partial charge is 0.341 e. The molecule has 0 saturated heterocycles. The maximum absolute atomic E-state index is 13.1. The minimum atomic E-state index is -3.94. The van der Waals surface area contributed by atoms with Gasteiger partial charge in [-0.05, 0) is 72.0 Å². The summed E-state index contributed by atoms with van der Waals surface area (Å²) in [6.07, 6.45) is 1.76. The van der Waals surface area contributed by atoms with Gasteiger partial charge in [0.15, 0.2) is 11.6 Å². The van der Waals surface area contributed by atoms with Crippen LogP contribution in [0.5, 0.6) is 11.5 Å². The highest BCUT2D eigenvalue weighted by Crippen LogP contribution is 2.28. The Morgan fingerprint density at radius 3 is 2.32 bits per heavy atom. The summed E-state index contributed by atoms with van der Waals surface area (Å²) >= 11 is 0. The van der Waals surface area contributed by atoms with Gasteiger partial charge in [0, 0.05) is 6.20 Å². The summed E-state index contributed by atoms with van der Waals surface area (Å²) in [5.41, 5.74) is 3.55. The van der Waals surface area contributed by atoms with Crippen molar-refractivity contribution >= 4 is 16.0 Å². The fourth-order valence-electron chi connectivity index (χ4n) is 3.95. The molecule has 0 aliphatic rings. The maximum Gasteiger partial charge on any atom is 0.341 e. The largest absolute Gasteiger partial charge is 0.494 e. The molecule has 196 valence electrons. The highest BCUT2D eigenvalue weighted by molar-refractivity contribution is 7.89. The Balaban J connectivity index is 1.61. The van der Waals surface area contributed by atoms with Gasteiger partial charge in [-0.2, -0.15) is 0 Å². The van der Waals surface area contributed by atoms with Gasteiger partial charge in [-0.3, -0.25) is 0 Å². The lowest BCUT2D eigenvalue weighted by Gasteiger charge is -2.20. The predicted octanol–water partition coefficient (Wildman–Crippen LogP) is 4.87. The molecule has 0 radical (unpaired) electrons. The molecule has 0 spiro atoms. The van der Waals surface area contributed by atoms with E-state index in [2.05, 4.69) is 9.71 Å². The molecule has 1 unspecified atom stereocenters. The number of benzene rings is 3. The summed E-state index contributed by atoms with van der Waals surface area (Å²) < 4.78 is 39.9. The van der Waals surface area contributed by atoms with E-state index in [1.165, 1.54) is 12.3 Å². The van der Waals surface area contributed by atoms with Crippen molar-refractivity contribution in [1.82, 2.24) is 9.71 Å². The van der Waals surface area contributed by atoms with Crippen molar-refractivity contribution in [3.8, 4) is 22.6 Å². The first kappa shape index (κ1) is 26.8. The maximum atomic E-state index is 13.1. The molecule has 2 N–H and O–H groups in total. The minimum Gasteiger partial charge on any atom is -0.494 e. The first-order chi connectivity index (χ1) is 18.3. The average Bonchev–Trinajstić information content (AvgIpc) is 2.93. The Kier molecular flexibility index (Phi) is 8.73. The Bertz CT molecular complexity index is 1470. The number of sulfonamides is 1. The topological polar surface area (TPSA) is 115 Å². The van der Waals surface area contributed by atoms with Crippen LogP contribution in [-0.4, -0.2) is 37.7 Å². The summed E-state index contributed by atoms with van der Waals surface area (Å²) in [4.78, 5) is 14.9. The fourth-order valence-corrected chi connectivity index (χ4v) is 5.12. The number of nitrogens with zero attached hydrogens (tertiary/aromatic N) is 1. The number of carboxylic acids is 1. The second-order valence-electron chi connectivity index (χ2n) is 8.46. The number of rotatable bonds is 12. The van der Waals surface area contributed by atoms with Gasteiger partial charge in [0.05, 0.1) is 12.6 Å². The van der Waals surface area contributed by atoms with Gasteiger partial charge in [-0.15, -0.1) is 0 Å². The lowest BCUT2D eigenvalue weighted by molar-refractivity contribution is -0.139. The van der Waals surface area contributed by atoms with Gasteiger partial charge in [0.25, 0.3) is 10.0 Å². The van der Waals surface area contributed by atoms with Gasteiger partial charge < -0.3 is 14.6 Å². The molecule has 1 atom stereocenters. The number of aromatic nitrogens is 1. The van der Waals surface area contributed by atoms with Gasteiger partial charge in [0.2, 0.25) is 0 Å². The number of hydrogen-bond acceptors (Lipinski definition) is 6. The van der Waals surface area contributed by atoms with E-state index < -0.39 is 28.6 Å². The van der Waals surface area contributed by atoms with Gasteiger partial charge in [-0.1, -0.05) is 54.6 Å². The molecular formula is C29H28N2O6S. The number of aliphatic carboxylic acids is 1. The first-order valence-corrected chi connectivity index (χ1v) is 13.5. The predicted molar refractivity (Wildman–Crippen MR) is 144 cm³/mol. The van der Waals surface area contributed by atoms with E-state index in [1.807, 2.05) is 55.5 Å². The number of hydrogen-bond donors (Lipinski definition) is 2. The van der Waals surface area contributed by atoms with Gasteiger partial charge in [0.1, 0.15) is 11.5 Å².